The van der Waals surface area contributed by atoms with E-state index in [0.717, 1.165) is 32.5 Å². The number of hydrogen-bond acceptors (Lipinski definition) is 5. The monoisotopic (exact) mass is 393 g/mol. The van der Waals surface area contributed by atoms with E-state index < -0.39 is 5.54 Å². The van der Waals surface area contributed by atoms with Crippen LogP contribution in [0, 0.1) is 0 Å². The van der Waals surface area contributed by atoms with E-state index in [2.05, 4.69) is 10.2 Å². The van der Waals surface area contributed by atoms with Crippen LogP contribution in [0.3, 0.4) is 0 Å². The van der Waals surface area contributed by atoms with Crippen LogP contribution < -0.4 is 10.1 Å². The van der Waals surface area contributed by atoms with Crippen molar-refractivity contribution in [3.8, 4) is 5.75 Å². The van der Waals surface area contributed by atoms with E-state index in [9.17, 15) is 14.7 Å². The van der Waals surface area contributed by atoms with E-state index in [1.807, 2.05) is 0 Å². The fourth-order valence-electron chi connectivity index (χ4n) is 4.19. The third kappa shape index (κ3) is 3.39. The molecule has 8 heteroatoms. The highest BCUT2D eigenvalue weighted by atomic mass is 35.5. The van der Waals surface area contributed by atoms with Gasteiger partial charge in [0.15, 0.2) is 5.54 Å². The topological polar surface area (TPSA) is 82.1 Å². The average Bonchev–Trinajstić information content (AvgIpc) is 2.89. The Morgan fingerprint density at radius 3 is 2.81 bits per heavy atom. The molecule has 4 rings (SSSR count). The van der Waals surface area contributed by atoms with Crippen molar-refractivity contribution in [2.24, 2.45) is 0 Å². The molecule has 1 aromatic carbocycles. The lowest BCUT2D eigenvalue weighted by Crippen LogP contribution is -2.47. The van der Waals surface area contributed by atoms with Gasteiger partial charge in [-0.1, -0.05) is 11.6 Å². The molecule has 1 aromatic rings. The van der Waals surface area contributed by atoms with Gasteiger partial charge in [0, 0.05) is 36.6 Å². The number of imide groups is 1. The molecule has 7 nitrogen and oxygen atoms in total. The lowest BCUT2D eigenvalue weighted by Gasteiger charge is -2.33. The molecule has 3 aliphatic rings. The average molecular weight is 394 g/mol. The van der Waals surface area contributed by atoms with Crippen LogP contribution in [0.5, 0.6) is 5.75 Å². The maximum absolute atomic E-state index is 13.2. The van der Waals surface area contributed by atoms with Crippen LogP contribution in [-0.4, -0.2) is 65.7 Å². The quantitative estimate of drug-likeness (QED) is 0.761. The highest BCUT2D eigenvalue weighted by molar-refractivity contribution is 6.30. The van der Waals surface area contributed by atoms with Crippen LogP contribution in [0.4, 0.5) is 4.79 Å². The van der Waals surface area contributed by atoms with Crippen molar-refractivity contribution in [3.05, 3.63) is 28.8 Å². The SMILES string of the molecule is O=C1NC2(CCOc3ccc(Cl)cc32)C(=O)N1CCCN1CCC(O)CC1. The van der Waals surface area contributed by atoms with Crippen molar-refractivity contribution in [2.75, 3.05) is 32.8 Å². The van der Waals surface area contributed by atoms with E-state index in [1.165, 1.54) is 4.90 Å². The Hall–Kier alpha value is -1.83. The van der Waals surface area contributed by atoms with Gasteiger partial charge in [0.05, 0.1) is 12.7 Å². The number of carbonyl (C=O) groups is 2. The van der Waals surface area contributed by atoms with E-state index in [-0.39, 0.29) is 18.0 Å². The van der Waals surface area contributed by atoms with E-state index in [4.69, 9.17) is 16.3 Å². The van der Waals surface area contributed by atoms with Crippen LogP contribution in [-0.2, 0) is 10.3 Å². The van der Waals surface area contributed by atoms with Gasteiger partial charge in [0.1, 0.15) is 5.75 Å². The molecule has 2 N–H and O–H groups in total. The maximum Gasteiger partial charge on any atom is 0.325 e. The molecular weight excluding hydrogens is 370 g/mol. The number of urea groups is 1. The Kier molecular flexibility index (Phi) is 5.01. The Labute approximate surface area is 163 Å². The molecule has 2 fully saturated rings. The van der Waals surface area contributed by atoms with E-state index in [0.29, 0.717) is 42.3 Å². The number of benzene rings is 1. The number of nitrogens with zero attached hydrogens (tertiary/aromatic N) is 2. The van der Waals surface area contributed by atoms with E-state index in [1.54, 1.807) is 18.2 Å². The van der Waals surface area contributed by atoms with Crippen molar-refractivity contribution < 1.29 is 19.4 Å². The fourth-order valence-corrected chi connectivity index (χ4v) is 4.36. The third-order valence-corrected chi connectivity index (χ3v) is 5.96. The number of likely N-dealkylation sites (tertiary alicyclic amines) is 1. The van der Waals surface area contributed by atoms with Gasteiger partial charge in [0.2, 0.25) is 0 Å². The molecule has 27 heavy (non-hydrogen) atoms. The minimum Gasteiger partial charge on any atom is -0.493 e. The molecule has 0 saturated carbocycles. The number of nitrogens with one attached hydrogen (secondary N) is 1. The van der Waals surface area contributed by atoms with Gasteiger partial charge in [-0.15, -0.1) is 0 Å². The third-order valence-electron chi connectivity index (χ3n) is 5.72. The minimum atomic E-state index is -1.08. The van der Waals surface area contributed by atoms with Crippen molar-refractivity contribution in [1.82, 2.24) is 15.1 Å². The number of hydrogen-bond donors (Lipinski definition) is 2. The van der Waals surface area contributed by atoms with Gasteiger partial charge in [-0.2, -0.15) is 0 Å². The van der Waals surface area contributed by atoms with Crippen molar-refractivity contribution in [1.29, 1.82) is 0 Å². The number of rotatable bonds is 4. The first kappa shape index (κ1) is 18.5. The number of halogens is 1. The minimum absolute atomic E-state index is 0.201. The van der Waals surface area contributed by atoms with Gasteiger partial charge in [0.25, 0.3) is 5.91 Å². The van der Waals surface area contributed by atoms with Gasteiger partial charge < -0.3 is 20.1 Å². The molecule has 0 radical (unpaired) electrons. The van der Waals surface area contributed by atoms with Crippen LogP contribution in [0.1, 0.15) is 31.2 Å². The molecule has 3 heterocycles. The fraction of sp³-hybridized carbons (Fsp3) is 0.579. The van der Waals surface area contributed by atoms with Crippen molar-refractivity contribution >= 4 is 23.5 Å². The standard InChI is InChI=1S/C19H24ClN3O4/c20-13-2-3-16-15(12-13)19(6-11-27-16)17(25)23(18(26)21-19)8-1-7-22-9-4-14(24)5-10-22/h2-3,12,14,24H,1,4-11H2,(H,21,26). The molecule has 1 atom stereocenters. The Morgan fingerprint density at radius 2 is 2.04 bits per heavy atom. The lowest BCUT2D eigenvalue weighted by molar-refractivity contribution is -0.132. The molecule has 146 valence electrons. The molecule has 1 unspecified atom stereocenters. The second-order valence-corrected chi connectivity index (χ2v) is 7.89. The van der Waals surface area contributed by atoms with Crippen LogP contribution in [0.25, 0.3) is 0 Å². The summed E-state index contributed by atoms with van der Waals surface area (Å²) in [5.41, 5.74) is -0.447. The highest BCUT2D eigenvalue weighted by Gasteiger charge is 2.54. The largest absolute Gasteiger partial charge is 0.493 e. The van der Waals surface area contributed by atoms with Gasteiger partial charge in [-0.25, -0.2) is 4.79 Å². The molecular formula is C19H24ClN3O4. The normalized spacial score (nSPS) is 26.2. The predicted molar refractivity (Wildman–Crippen MR) is 99.8 cm³/mol. The Balaban J connectivity index is 1.45. The number of aliphatic hydroxyl groups is 1. The first-order chi connectivity index (χ1) is 13.0. The molecule has 0 bridgehead atoms. The van der Waals surface area contributed by atoms with Crippen LogP contribution in [0.2, 0.25) is 5.02 Å². The molecule has 2 saturated heterocycles. The van der Waals surface area contributed by atoms with E-state index >= 15 is 0 Å². The summed E-state index contributed by atoms with van der Waals surface area (Å²) in [7, 11) is 0. The summed E-state index contributed by atoms with van der Waals surface area (Å²) in [5, 5.41) is 13.0. The second kappa shape index (κ2) is 7.30. The highest BCUT2D eigenvalue weighted by Crippen LogP contribution is 2.42. The summed E-state index contributed by atoms with van der Waals surface area (Å²) in [4.78, 5) is 29.3. The van der Waals surface area contributed by atoms with Gasteiger partial charge in [-0.05, 0) is 44.0 Å². The predicted octanol–water partition coefficient (Wildman–Crippen LogP) is 1.72. The Morgan fingerprint density at radius 1 is 1.26 bits per heavy atom. The first-order valence-corrected chi connectivity index (χ1v) is 9.85. The number of amides is 3. The zero-order chi connectivity index (χ0) is 19.0. The van der Waals surface area contributed by atoms with Crippen LogP contribution >= 0.6 is 11.6 Å². The molecule has 0 aromatic heterocycles. The number of fused-ring (bicyclic) bond motifs is 2. The number of piperidine rings is 1. The number of ether oxygens (including phenoxy) is 1. The summed E-state index contributed by atoms with van der Waals surface area (Å²) in [6.45, 7) is 3.26. The smallest absolute Gasteiger partial charge is 0.325 e. The lowest BCUT2D eigenvalue weighted by atomic mass is 9.84. The molecule has 3 amide bonds. The molecule has 3 aliphatic heterocycles. The Bertz CT molecular complexity index is 750. The summed E-state index contributed by atoms with van der Waals surface area (Å²) in [5.74, 6) is 0.362. The number of carbonyl (C=O) groups excluding carboxylic acids is 2. The summed E-state index contributed by atoms with van der Waals surface area (Å²) < 4.78 is 5.65. The zero-order valence-corrected chi connectivity index (χ0v) is 15.9. The van der Waals surface area contributed by atoms with Crippen molar-refractivity contribution in [3.63, 3.8) is 0 Å². The summed E-state index contributed by atoms with van der Waals surface area (Å²) in [6, 6.07) is 4.80. The van der Waals surface area contributed by atoms with Gasteiger partial charge in [-0.3, -0.25) is 9.69 Å². The second-order valence-electron chi connectivity index (χ2n) is 7.46. The van der Waals surface area contributed by atoms with Crippen molar-refractivity contribution in [2.45, 2.75) is 37.3 Å². The van der Waals surface area contributed by atoms with Gasteiger partial charge >= 0.3 is 6.03 Å². The first-order valence-electron chi connectivity index (χ1n) is 9.47. The summed E-state index contributed by atoms with van der Waals surface area (Å²) in [6.07, 6.45) is 2.47. The maximum atomic E-state index is 13.2. The summed E-state index contributed by atoms with van der Waals surface area (Å²) >= 11 is 6.12. The van der Waals surface area contributed by atoms with Crippen LogP contribution in [0.15, 0.2) is 18.2 Å². The molecule has 0 aliphatic carbocycles. The molecule has 1 spiro atoms. The zero-order valence-electron chi connectivity index (χ0n) is 15.1. The number of aliphatic hydroxyl groups excluding tert-OH is 1.